The normalized spacial score (nSPS) is 18.7. The van der Waals surface area contributed by atoms with E-state index in [0.29, 0.717) is 47.8 Å². The Bertz CT molecular complexity index is 1340. The summed E-state index contributed by atoms with van der Waals surface area (Å²) in [6.07, 6.45) is 3.73. The van der Waals surface area contributed by atoms with Gasteiger partial charge < -0.3 is 15.4 Å². The Balaban J connectivity index is 1.41. The van der Waals surface area contributed by atoms with Crippen molar-refractivity contribution in [3.63, 3.8) is 0 Å². The monoisotopic (exact) mass is 507 g/mol. The lowest BCUT2D eigenvalue weighted by Gasteiger charge is -2.19. The molecule has 2 unspecified atom stereocenters. The summed E-state index contributed by atoms with van der Waals surface area (Å²) in [6.45, 7) is 3.02. The lowest BCUT2D eigenvalue weighted by atomic mass is 9.97. The number of nitriles is 1. The number of benzene rings is 3. The number of hydrogen-bond acceptors (Lipinski definition) is 5. The molecule has 0 radical (unpaired) electrons. The maximum absolute atomic E-state index is 13.6. The van der Waals surface area contributed by atoms with Crippen molar-refractivity contribution >= 4 is 11.7 Å². The van der Waals surface area contributed by atoms with Gasteiger partial charge >= 0.3 is 0 Å². The van der Waals surface area contributed by atoms with E-state index in [1.165, 1.54) is 0 Å². The van der Waals surface area contributed by atoms with Gasteiger partial charge in [0.2, 0.25) is 0 Å². The molecule has 2 aliphatic carbocycles. The van der Waals surface area contributed by atoms with E-state index in [4.69, 9.17) is 4.74 Å². The first kappa shape index (κ1) is 25.7. The third kappa shape index (κ3) is 6.67. The number of carbonyl (C=O) groups is 2. The van der Waals surface area contributed by atoms with Crippen LogP contribution in [0.2, 0.25) is 0 Å². The van der Waals surface area contributed by atoms with Gasteiger partial charge in [0.15, 0.2) is 5.78 Å². The fraction of sp³-hybridized carbons (Fsp3) is 0.344. The summed E-state index contributed by atoms with van der Waals surface area (Å²) >= 11 is 0. The molecule has 0 aromatic heterocycles. The largest absolute Gasteiger partial charge is 0.493 e. The Labute approximate surface area is 224 Å². The lowest BCUT2D eigenvalue weighted by molar-refractivity contribution is -0.120. The van der Waals surface area contributed by atoms with E-state index < -0.39 is 6.04 Å². The number of Topliss-reactive ketones (excluding diaryl/α,β-unsaturated/α-hetero) is 1. The van der Waals surface area contributed by atoms with Crippen molar-refractivity contribution in [1.82, 2.24) is 10.6 Å². The third-order valence-electron chi connectivity index (χ3n) is 7.39. The van der Waals surface area contributed by atoms with Crippen LogP contribution in [0.5, 0.6) is 5.75 Å². The highest BCUT2D eigenvalue weighted by Gasteiger charge is 2.33. The zero-order chi connectivity index (χ0) is 26.5. The van der Waals surface area contributed by atoms with Crippen LogP contribution in [0.25, 0.3) is 11.1 Å². The van der Waals surface area contributed by atoms with Crippen molar-refractivity contribution in [2.75, 3.05) is 13.2 Å². The Kier molecular flexibility index (Phi) is 7.86. The van der Waals surface area contributed by atoms with Crippen molar-refractivity contribution in [3.05, 3.63) is 89.5 Å². The third-order valence-corrected chi connectivity index (χ3v) is 7.39. The highest BCUT2D eigenvalue weighted by Crippen LogP contribution is 2.38. The smallest absolute Gasteiger partial charge is 0.252 e. The van der Waals surface area contributed by atoms with Crippen LogP contribution in [-0.2, 0) is 11.2 Å². The van der Waals surface area contributed by atoms with Gasteiger partial charge in [-0.3, -0.25) is 9.59 Å². The molecular weight excluding hydrogens is 474 g/mol. The molecule has 0 heterocycles. The quantitative estimate of drug-likeness (QED) is 0.363. The molecule has 6 heteroatoms. The molecule has 38 heavy (non-hydrogen) atoms. The Hall–Kier alpha value is -3.95. The van der Waals surface area contributed by atoms with E-state index >= 15 is 0 Å². The van der Waals surface area contributed by atoms with Crippen LogP contribution in [0.1, 0.15) is 47.7 Å². The van der Waals surface area contributed by atoms with Crippen LogP contribution in [0.15, 0.2) is 72.8 Å². The van der Waals surface area contributed by atoms with E-state index in [-0.39, 0.29) is 18.2 Å². The minimum Gasteiger partial charge on any atom is -0.493 e. The number of amides is 1. The molecule has 3 aromatic carbocycles. The molecular formula is C32H33N3O3. The van der Waals surface area contributed by atoms with Crippen molar-refractivity contribution < 1.29 is 14.3 Å². The summed E-state index contributed by atoms with van der Waals surface area (Å²) in [5.74, 6) is 1.37. The average Bonchev–Trinajstić information content (AvgIpc) is 3.88. The second-order valence-electron chi connectivity index (χ2n) is 10.5. The van der Waals surface area contributed by atoms with E-state index in [9.17, 15) is 14.9 Å². The number of carbonyl (C=O) groups excluding carboxylic acids is 2. The molecule has 1 amide bonds. The second-order valence-corrected chi connectivity index (χ2v) is 10.5. The maximum Gasteiger partial charge on any atom is 0.252 e. The molecule has 2 saturated carbocycles. The zero-order valence-corrected chi connectivity index (χ0v) is 21.7. The first-order valence-electron chi connectivity index (χ1n) is 13.4. The van der Waals surface area contributed by atoms with Crippen LogP contribution in [0, 0.1) is 23.2 Å². The SMILES string of the molecule is CC1CC1COc1cc(C(=O)N[C@@H](Cc2ccccc2)C(=O)CNC2CC2)cc(-c2ccccc2C#N)c1. The van der Waals surface area contributed by atoms with Gasteiger partial charge in [-0.15, -0.1) is 0 Å². The summed E-state index contributed by atoms with van der Waals surface area (Å²) in [7, 11) is 0. The number of ether oxygens (including phenoxy) is 1. The van der Waals surface area contributed by atoms with Gasteiger partial charge in [0.05, 0.1) is 30.8 Å². The summed E-state index contributed by atoms with van der Waals surface area (Å²) in [4.78, 5) is 26.8. The molecule has 6 nitrogen and oxygen atoms in total. The molecule has 0 saturated heterocycles. The minimum atomic E-state index is -0.664. The van der Waals surface area contributed by atoms with Crippen LogP contribution < -0.4 is 15.4 Å². The number of hydrogen-bond donors (Lipinski definition) is 2. The van der Waals surface area contributed by atoms with Gasteiger partial charge in [-0.05, 0) is 78.5 Å². The van der Waals surface area contributed by atoms with E-state index in [0.717, 1.165) is 36.0 Å². The Morgan fingerprint density at radius 2 is 1.79 bits per heavy atom. The second kappa shape index (κ2) is 11.6. The van der Waals surface area contributed by atoms with Gasteiger partial charge in [0.25, 0.3) is 5.91 Å². The van der Waals surface area contributed by atoms with Crippen LogP contribution in [0.4, 0.5) is 0 Å². The lowest BCUT2D eigenvalue weighted by Crippen LogP contribution is -2.46. The highest BCUT2D eigenvalue weighted by atomic mass is 16.5. The van der Waals surface area contributed by atoms with Crippen molar-refractivity contribution in [3.8, 4) is 22.9 Å². The van der Waals surface area contributed by atoms with E-state index in [1.54, 1.807) is 18.2 Å². The first-order chi connectivity index (χ1) is 18.5. The van der Waals surface area contributed by atoms with Gasteiger partial charge in [-0.25, -0.2) is 0 Å². The topological polar surface area (TPSA) is 91.2 Å². The molecule has 3 atom stereocenters. The number of rotatable bonds is 12. The van der Waals surface area contributed by atoms with Gasteiger partial charge in [-0.2, -0.15) is 5.26 Å². The molecule has 0 spiro atoms. The maximum atomic E-state index is 13.6. The van der Waals surface area contributed by atoms with E-state index in [2.05, 4.69) is 23.6 Å². The fourth-order valence-electron chi connectivity index (χ4n) is 4.63. The summed E-state index contributed by atoms with van der Waals surface area (Å²) in [5, 5.41) is 15.9. The molecule has 5 rings (SSSR count). The standard InChI is InChI=1S/C32H33N3O3/c1-21-13-26(21)20-38-28-16-24(29-10-6-5-9-23(29)18-33)15-25(17-28)32(37)35-30(14-22-7-3-2-4-8-22)31(36)19-34-27-11-12-27/h2-10,15-17,21,26-27,30,34H,11-14,19-20H2,1H3,(H,35,37)/t21?,26?,30-/m0/s1. The number of ketones is 1. The van der Waals surface area contributed by atoms with Crippen LogP contribution in [0.3, 0.4) is 0 Å². The van der Waals surface area contributed by atoms with Gasteiger partial charge in [0.1, 0.15) is 5.75 Å². The van der Waals surface area contributed by atoms with Gasteiger partial charge in [0, 0.05) is 11.6 Å². The summed E-state index contributed by atoms with van der Waals surface area (Å²) in [6, 6.07) is 24.4. The van der Waals surface area contributed by atoms with Crippen molar-refractivity contribution in [1.29, 1.82) is 5.26 Å². The minimum absolute atomic E-state index is 0.0423. The Morgan fingerprint density at radius 3 is 2.50 bits per heavy atom. The molecule has 194 valence electrons. The molecule has 2 aliphatic rings. The molecule has 3 aromatic rings. The molecule has 2 fully saturated rings. The fourth-order valence-corrected chi connectivity index (χ4v) is 4.63. The van der Waals surface area contributed by atoms with Crippen molar-refractivity contribution in [2.45, 2.75) is 44.7 Å². The summed E-state index contributed by atoms with van der Waals surface area (Å²) < 4.78 is 6.11. The Morgan fingerprint density at radius 1 is 1.05 bits per heavy atom. The van der Waals surface area contributed by atoms with Crippen molar-refractivity contribution in [2.24, 2.45) is 11.8 Å². The number of nitrogens with one attached hydrogen (secondary N) is 2. The zero-order valence-electron chi connectivity index (χ0n) is 21.7. The summed E-state index contributed by atoms with van der Waals surface area (Å²) in [5.41, 5.74) is 3.37. The highest BCUT2D eigenvalue weighted by molar-refractivity contribution is 5.99. The van der Waals surface area contributed by atoms with E-state index in [1.807, 2.05) is 54.6 Å². The average molecular weight is 508 g/mol. The van der Waals surface area contributed by atoms with Gasteiger partial charge in [-0.1, -0.05) is 55.5 Å². The van der Waals surface area contributed by atoms with Crippen LogP contribution in [-0.4, -0.2) is 36.9 Å². The predicted molar refractivity (Wildman–Crippen MR) is 147 cm³/mol. The first-order valence-corrected chi connectivity index (χ1v) is 13.4. The van der Waals surface area contributed by atoms with Crippen LogP contribution >= 0.6 is 0 Å². The number of nitrogens with zero attached hydrogens (tertiary/aromatic N) is 1. The molecule has 2 N–H and O–H groups in total. The molecule has 0 bridgehead atoms. The predicted octanol–water partition coefficient (Wildman–Crippen LogP) is 4.92. The molecule has 0 aliphatic heterocycles.